The lowest BCUT2D eigenvalue weighted by atomic mass is 10.1. The summed E-state index contributed by atoms with van der Waals surface area (Å²) in [5.74, 6) is 0.464. The van der Waals surface area contributed by atoms with Crippen molar-refractivity contribution < 1.29 is 9.53 Å². The number of carbonyl (C=O) groups is 1. The van der Waals surface area contributed by atoms with E-state index in [9.17, 15) is 4.79 Å². The summed E-state index contributed by atoms with van der Waals surface area (Å²) in [4.78, 5) is 14.0. The molecule has 1 unspecified atom stereocenters. The molecule has 1 atom stereocenters. The Balaban J connectivity index is 1.78. The molecule has 0 radical (unpaired) electrons. The number of nitrogens with zero attached hydrogens (tertiary/aromatic N) is 1. The second kappa shape index (κ2) is 8.25. The quantitative estimate of drug-likeness (QED) is 0.790. The second-order valence-corrected chi connectivity index (χ2v) is 6.10. The number of nitrogens with one attached hydrogen (secondary N) is 2. The fraction of sp³-hybridized carbons (Fsp3) is 0.562. The zero-order valence-corrected chi connectivity index (χ0v) is 13.9. The van der Waals surface area contributed by atoms with E-state index in [0.29, 0.717) is 25.6 Å². The fourth-order valence-corrected chi connectivity index (χ4v) is 2.87. The summed E-state index contributed by atoms with van der Waals surface area (Å²) in [7, 11) is 1.62. The van der Waals surface area contributed by atoms with Crippen molar-refractivity contribution >= 4 is 23.3 Å². The number of methoxy groups -OCH3 is 1. The van der Waals surface area contributed by atoms with Gasteiger partial charge < -0.3 is 20.3 Å². The van der Waals surface area contributed by atoms with Crippen LogP contribution in [0.3, 0.4) is 0 Å². The van der Waals surface area contributed by atoms with E-state index in [4.69, 9.17) is 16.3 Å². The number of aryl methyl sites for hydroxylation is 1. The molecule has 1 saturated heterocycles. The largest absolute Gasteiger partial charge is 0.383 e. The molecule has 0 bridgehead atoms. The number of ether oxygens (including phenoxy) is 1. The smallest absolute Gasteiger partial charge is 0.314 e. The molecule has 0 aliphatic carbocycles. The number of halogens is 1. The number of anilines is 1. The van der Waals surface area contributed by atoms with E-state index >= 15 is 0 Å². The summed E-state index contributed by atoms with van der Waals surface area (Å²) in [5, 5.41) is 6.45. The minimum absolute atomic E-state index is 0.130. The number of carbonyl (C=O) groups excluding carboxylic acids is 1. The Hall–Kier alpha value is -1.46. The first kappa shape index (κ1) is 16.9. The van der Waals surface area contributed by atoms with Gasteiger partial charge >= 0.3 is 6.03 Å². The molecule has 6 heteroatoms. The van der Waals surface area contributed by atoms with Crippen molar-refractivity contribution in [3.8, 4) is 0 Å². The number of urea groups is 1. The highest BCUT2D eigenvalue weighted by atomic mass is 35.5. The minimum atomic E-state index is -0.130. The Bertz CT molecular complexity index is 510. The van der Waals surface area contributed by atoms with E-state index in [1.165, 1.54) is 11.3 Å². The molecule has 1 heterocycles. The van der Waals surface area contributed by atoms with Crippen LogP contribution in [0, 0.1) is 12.8 Å². The molecule has 1 aromatic rings. The monoisotopic (exact) mass is 325 g/mol. The Labute approximate surface area is 137 Å². The van der Waals surface area contributed by atoms with E-state index in [-0.39, 0.29) is 6.03 Å². The molecule has 1 aromatic carbocycles. The van der Waals surface area contributed by atoms with E-state index in [2.05, 4.69) is 22.5 Å². The highest BCUT2D eigenvalue weighted by molar-refractivity contribution is 6.30. The number of rotatable bonds is 6. The van der Waals surface area contributed by atoms with Crippen LogP contribution >= 0.6 is 11.6 Å². The lowest BCUT2D eigenvalue weighted by Crippen LogP contribution is -2.40. The molecule has 0 saturated carbocycles. The molecular weight excluding hydrogens is 302 g/mol. The Morgan fingerprint density at radius 2 is 2.27 bits per heavy atom. The number of amides is 2. The zero-order chi connectivity index (χ0) is 15.9. The zero-order valence-electron chi connectivity index (χ0n) is 13.2. The van der Waals surface area contributed by atoms with E-state index in [0.717, 1.165) is 24.5 Å². The van der Waals surface area contributed by atoms with Crippen LogP contribution in [0.25, 0.3) is 0 Å². The maximum absolute atomic E-state index is 11.6. The predicted molar refractivity (Wildman–Crippen MR) is 89.8 cm³/mol. The molecule has 0 spiro atoms. The van der Waals surface area contributed by atoms with Gasteiger partial charge in [0.1, 0.15) is 0 Å². The van der Waals surface area contributed by atoms with Gasteiger partial charge in [-0.05, 0) is 37.0 Å². The number of benzene rings is 1. The molecule has 122 valence electrons. The van der Waals surface area contributed by atoms with Gasteiger partial charge in [-0.25, -0.2) is 4.79 Å². The third-order valence-corrected chi connectivity index (χ3v) is 4.18. The van der Waals surface area contributed by atoms with Crippen molar-refractivity contribution in [1.82, 2.24) is 10.6 Å². The van der Waals surface area contributed by atoms with E-state index < -0.39 is 0 Å². The van der Waals surface area contributed by atoms with Crippen molar-refractivity contribution in [2.75, 3.05) is 44.8 Å². The van der Waals surface area contributed by atoms with Crippen LogP contribution in [-0.4, -0.2) is 45.9 Å². The van der Waals surface area contributed by atoms with Gasteiger partial charge in [-0.3, -0.25) is 0 Å². The van der Waals surface area contributed by atoms with Gasteiger partial charge in [-0.15, -0.1) is 0 Å². The maximum Gasteiger partial charge on any atom is 0.314 e. The van der Waals surface area contributed by atoms with Crippen molar-refractivity contribution in [3.05, 3.63) is 28.8 Å². The van der Waals surface area contributed by atoms with E-state index in [1.807, 2.05) is 18.2 Å². The summed E-state index contributed by atoms with van der Waals surface area (Å²) in [5.41, 5.74) is 2.43. The third-order valence-electron chi connectivity index (χ3n) is 3.94. The average Bonchev–Trinajstić information content (AvgIpc) is 2.97. The maximum atomic E-state index is 11.6. The van der Waals surface area contributed by atoms with Gasteiger partial charge in [0.05, 0.1) is 6.61 Å². The standard InChI is InChI=1S/C16H24ClN3O2/c1-12-3-4-14(17)9-15(12)20-7-5-13(11-20)10-19-16(21)18-6-8-22-2/h3-4,9,13H,5-8,10-11H2,1-2H3,(H2,18,19,21). The highest BCUT2D eigenvalue weighted by Crippen LogP contribution is 2.29. The van der Waals surface area contributed by atoms with Crippen LogP contribution in [0.15, 0.2) is 18.2 Å². The third kappa shape index (κ3) is 4.78. The molecule has 22 heavy (non-hydrogen) atoms. The van der Waals surface area contributed by atoms with Crippen LogP contribution in [0.5, 0.6) is 0 Å². The molecule has 5 nitrogen and oxygen atoms in total. The Morgan fingerprint density at radius 3 is 3.05 bits per heavy atom. The van der Waals surface area contributed by atoms with Crippen molar-refractivity contribution in [3.63, 3.8) is 0 Å². The molecule has 1 aliphatic heterocycles. The first-order chi connectivity index (χ1) is 10.6. The van der Waals surface area contributed by atoms with Crippen molar-refractivity contribution in [2.24, 2.45) is 5.92 Å². The SMILES string of the molecule is COCCNC(=O)NCC1CCN(c2cc(Cl)ccc2C)C1. The lowest BCUT2D eigenvalue weighted by Gasteiger charge is -2.21. The second-order valence-electron chi connectivity index (χ2n) is 5.66. The molecule has 2 N–H and O–H groups in total. The molecule has 1 aliphatic rings. The normalized spacial score (nSPS) is 17.6. The van der Waals surface area contributed by atoms with Gasteiger partial charge in [0.15, 0.2) is 0 Å². The minimum Gasteiger partial charge on any atom is -0.383 e. The van der Waals surface area contributed by atoms with Gasteiger partial charge in [0.25, 0.3) is 0 Å². The molecule has 2 amide bonds. The first-order valence-electron chi connectivity index (χ1n) is 7.62. The summed E-state index contributed by atoms with van der Waals surface area (Å²) in [6.07, 6.45) is 1.07. The summed E-state index contributed by atoms with van der Waals surface area (Å²) >= 11 is 6.09. The molecular formula is C16H24ClN3O2. The first-order valence-corrected chi connectivity index (χ1v) is 7.99. The Kier molecular flexibility index (Phi) is 6.34. The Morgan fingerprint density at radius 1 is 1.45 bits per heavy atom. The number of hydrogen-bond acceptors (Lipinski definition) is 3. The summed E-state index contributed by atoms with van der Waals surface area (Å²) in [6.45, 7) is 5.78. The van der Waals surface area contributed by atoms with Crippen LogP contribution in [-0.2, 0) is 4.74 Å². The topological polar surface area (TPSA) is 53.6 Å². The van der Waals surface area contributed by atoms with Crippen LogP contribution < -0.4 is 15.5 Å². The van der Waals surface area contributed by atoms with Crippen molar-refractivity contribution in [1.29, 1.82) is 0 Å². The van der Waals surface area contributed by atoms with Crippen LogP contribution in [0.2, 0.25) is 5.02 Å². The van der Waals surface area contributed by atoms with Crippen LogP contribution in [0.4, 0.5) is 10.5 Å². The average molecular weight is 326 g/mol. The number of hydrogen-bond donors (Lipinski definition) is 2. The molecule has 0 aromatic heterocycles. The molecule has 2 rings (SSSR count). The lowest BCUT2D eigenvalue weighted by molar-refractivity contribution is 0.195. The molecule has 1 fully saturated rings. The van der Waals surface area contributed by atoms with Gasteiger partial charge in [0, 0.05) is 44.0 Å². The van der Waals surface area contributed by atoms with Gasteiger partial charge in [0.2, 0.25) is 0 Å². The van der Waals surface area contributed by atoms with Gasteiger partial charge in [-0.1, -0.05) is 17.7 Å². The van der Waals surface area contributed by atoms with Gasteiger partial charge in [-0.2, -0.15) is 0 Å². The highest BCUT2D eigenvalue weighted by Gasteiger charge is 2.24. The summed E-state index contributed by atoms with van der Waals surface area (Å²) in [6, 6.07) is 5.85. The van der Waals surface area contributed by atoms with E-state index in [1.54, 1.807) is 7.11 Å². The van der Waals surface area contributed by atoms with Crippen molar-refractivity contribution in [2.45, 2.75) is 13.3 Å². The summed E-state index contributed by atoms with van der Waals surface area (Å²) < 4.78 is 4.89. The predicted octanol–water partition coefficient (Wildman–Crippen LogP) is 2.42. The fourth-order valence-electron chi connectivity index (χ4n) is 2.71. The van der Waals surface area contributed by atoms with Crippen LogP contribution in [0.1, 0.15) is 12.0 Å².